The number of hydrogen-bond acceptors (Lipinski definition) is 7. The molecule has 172 valence electrons. The normalized spacial score (nSPS) is 12.1. The Hall–Kier alpha value is -3.45. The van der Waals surface area contributed by atoms with Crippen molar-refractivity contribution in [1.29, 1.82) is 0 Å². The van der Waals surface area contributed by atoms with E-state index in [1.165, 1.54) is 26.4 Å². The monoisotopic (exact) mass is 442 g/mol. The van der Waals surface area contributed by atoms with Crippen molar-refractivity contribution >= 4 is 17.9 Å². The molecular weight excluding hydrogens is 412 g/mol. The highest BCUT2D eigenvalue weighted by molar-refractivity contribution is 6.04. The molecule has 32 heavy (non-hydrogen) atoms. The summed E-state index contributed by atoms with van der Waals surface area (Å²) >= 11 is 0. The van der Waals surface area contributed by atoms with Gasteiger partial charge in [0.2, 0.25) is 5.75 Å². The topological polar surface area (TPSA) is 72.5 Å². The molecular formula is C25H30O7. The molecule has 2 rings (SSSR count). The van der Waals surface area contributed by atoms with Gasteiger partial charge in [-0.15, -0.1) is 0 Å². The van der Waals surface area contributed by atoms with E-state index in [1.54, 1.807) is 50.6 Å². The Bertz CT molecular complexity index is 963. The lowest BCUT2D eigenvalue weighted by Crippen LogP contribution is -2.16. The molecule has 0 saturated heterocycles. The van der Waals surface area contributed by atoms with Crippen molar-refractivity contribution in [2.24, 2.45) is 0 Å². The van der Waals surface area contributed by atoms with Gasteiger partial charge in [0.25, 0.3) is 0 Å². The van der Waals surface area contributed by atoms with Crippen LogP contribution in [0.25, 0.3) is 12.2 Å². The molecule has 0 amide bonds. The van der Waals surface area contributed by atoms with E-state index in [1.807, 2.05) is 19.9 Å². The Balaban J connectivity index is 2.18. The lowest BCUT2D eigenvalue weighted by Gasteiger charge is -2.17. The minimum atomic E-state index is -0.422. The lowest BCUT2D eigenvalue weighted by atomic mass is 10.1. The Morgan fingerprint density at radius 3 is 2.12 bits per heavy atom. The molecule has 0 spiro atoms. The van der Waals surface area contributed by atoms with Crippen LogP contribution in [-0.4, -0.2) is 47.1 Å². The first-order valence-electron chi connectivity index (χ1n) is 10.1. The molecule has 0 N–H and O–H groups in total. The van der Waals surface area contributed by atoms with Crippen molar-refractivity contribution in [3.63, 3.8) is 0 Å². The Kier molecular flexibility index (Phi) is 9.63. The molecule has 0 fully saturated rings. The quantitative estimate of drug-likeness (QED) is 0.346. The molecule has 0 aliphatic carbocycles. The van der Waals surface area contributed by atoms with Crippen molar-refractivity contribution in [2.45, 2.75) is 20.1 Å². The summed E-state index contributed by atoms with van der Waals surface area (Å²) in [6.07, 6.45) is 5.88. The number of benzene rings is 2. The van der Waals surface area contributed by atoms with Gasteiger partial charge in [0.15, 0.2) is 35.1 Å². The maximum absolute atomic E-state index is 12.4. The van der Waals surface area contributed by atoms with Gasteiger partial charge in [0.05, 0.1) is 28.4 Å². The van der Waals surface area contributed by atoms with Gasteiger partial charge in [-0.25, -0.2) is 0 Å². The fourth-order valence-electron chi connectivity index (χ4n) is 3.00. The highest BCUT2D eigenvalue weighted by Crippen LogP contribution is 2.40. The minimum Gasteiger partial charge on any atom is -0.493 e. The molecule has 7 heteroatoms. The zero-order chi connectivity index (χ0) is 23.5. The van der Waals surface area contributed by atoms with E-state index < -0.39 is 6.29 Å². The van der Waals surface area contributed by atoms with Crippen molar-refractivity contribution in [3.8, 4) is 28.7 Å². The average Bonchev–Trinajstić information content (AvgIpc) is 2.80. The van der Waals surface area contributed by atoms with Crippen molar-refractivity contribution in [3.05, 3.63) is 53.6 Å². The molecule has 0 heterocycles. The number of ketones is 1. The zero-order valence-corrected chi connectivity index (χ0v) is 19.3. The fraction of sp³-hybridized carbons (Fsp3) is 0.320. The van der Waals surface area contributed by atoms with Crippen molar-refractivity contribution in [1.82, 2.24) is 0 Å². The van der Waals surface area contributed by atoms with Crippen LogP contribution in [0.3, 0.4) is 0 Å². The van der Waals surface area contributed by atoms with Gasteiger partial charge in [-0.05, 0) is 61.9 Å². The molecule has 2 aromatic carbocycles. The number of carbonyl (C=O) groups excluding carboxylic acids is 1. The molecule has 0 aliphatic rings. The summed E-state index contributed by atoms with van der Waals surface area (Å²) in [4.78, 5) is 12.4. The van der Waals surface area contributed by atoms with Crippen molar-refractivity contribution in [2.75, 3.05) is 35.0 Å². The average molecular weight is 443 g/mol. The van der Waals surface area contributed by atoms with Gasteiger partial charge in [-0.2, -0.15) is 0 Å². The van der Waals surface area contributed by atoms with Gasteiger partial charge >= 0.3 is 0 Å². The van der Waals surface area contributed by atoms with E-state index in [9.17, 15) is 4.79 Å². The van der Waals surface area contributed by atoms with Crippen LogP contribution in [0.1, 0.15) is 25.0 Å². The standard InChI is InChI=1S/C25H30O7/c1-7-31-17(2)32-23-16-18(9-14-21(23)27-3)8-12-20(26)13-10-19-11-15-22(28-4)25(30-6)24(19)29-5/h8-17H,7H2,1-6H3/b12-8+,13-10+. The maximum Gasteiger partial charge on any atom is 0.203 e. The van der Waals surface area contributed by atoms with Crippen LogP contribution in [0.4, 0.5) is 0 Å². The summed E-state index contributed by atoms with van der Waals surface area (Å²) in [7, 11) is 6.18. The first-order valence-corrected chi connectivity index (χ1v) is 10.1. The number of carbonyl (C=O) groups is 1. The SMILES string of the molecule is CCOC(C)Oc1cc(/C=C/C(=O)/C=C/c2ccc(OC)c(OC)c2OC)ccc1OC. The van der Waals surface area contributed by atoms with Crippen LogP contribution in [0.2, 0.25) is 0 Å². The summed E-state index contributed by atoms with van der Waals surface area (Å²) < 4.78 is 32.6. The molecule has 0 radical (unpaired) electrons. The number of methoxy groups -OCH3 is 4. The van der Waals surface area contributed by atoms with Crippen LogP contribution in [0.15, 0.2) is 42.5 Å². The molecule has 0 saturated carbocycles. The number of rotatable bonds is 12. The summed E-state index contributed by atoms with van der Waals surface area (Å²) in [6, 6.07) is 8.95. The van der Waals surface area contributed by atoms with Crippen LogP contribution in [0.5, 0.6) is 28.7 Å². The van der Waals surface area contributed by atoms with E-state index in [0.29, 0.717) is 40.9 Å². The van der Waals surface area contributed by atoms with E-state index in [-0.39, 0.29) is 5.78 Å². The largest absolute Gasteiger partial charge is 0.493 e. The van der Waals surface area contributed by atoms with Gasteiger partial charge < -0.3 is 28.4 Å². The molecule has 2 aromatic rings. The minimum absolute atomic E-state index is 0.192. The molecule has 1 unspecified atom stereocenters. The van der Waals surface area contributed by atoms with Gasteiger partial charge in [0, 0.05) is 12.2 Å². The third-order valence-electron chi connectivity index (χ3n) is 4.48. The van der Waals surface area contributed by atoms with E-state index in [4.69, 9.17) is 28.4 Å². The fourth-order valence-corrected chi connectivity index (χ4v) is 3.00. The van der Waals surface area contributed by atoms with E-state index in [2.05, 4.69) is 0 Å². The highest BCUT2D eigenvalue weighted by Gasteiger charge is 2.14. The second-order valence-electron chi connectivity index (χ2n) is 6.54. The zero-order valence-electron chi connectivity index (χ0n) is 19.3. The highest BCUT2D eigenvalue weighted by atomic mass is 16.7. The summed E-state index contributed by atoms with van der Waals surface area (Å²) in [5.41, 5.74) is 1.48. The van der Waals surface area contributed by atoms with Gasteiger partial charge in [0.1, 0.15) is 0 Å². The van der Waals surface area contributed by atoms with Crippen molar-refractivity contribution < 1.29 is 33.2 Å². The van der Waals surface area contributed by atoms with Crippen LogP contribution in [-0.2, 0) is 9.53 Å². The van der Waals surface area contributed by atoms with Gasteiger partial charge in [-0.1, -0.05) is 12.1 Å². The van der Waals surface area contributed by atoms with Gasteiger partial charge in [-0.3, -0.25) is 4.79 Å². The Morgan fingerprint density at radius 1 is 0.844 bits per heavy atom. The van der Waals surface area contributed by atoms with Crippen LogP contribution in [0, 0.1) is 0 Å². The number of allylic oxidation sites excluding steroid dienone is 2. The lowest BCUT2D eigenvalue weighted by molar-refractivity contribution is -0.110. The molecule has 0 aromatic heterocycles. The first kappa shape index (κ1) is 24.8. The molecule has 1 atom stereocenters. The summed E-state index contributed by atoms with van der Waals surface area (Å²) in [5.74, 6) is 2.42. The maximum atomic E-state index is 12.4. The second-order valence-corrected chi connectivity index (χ2v) is 6.54. The van der Waals surface area contributed by atoms with Crippen LogP contribution >= 0.6 is 0 Å². The smallest absolute Gasteiger partial charge is 0.203 e. The van der Waals surface area contributed by atoms with Crippen LogP contribution < -0.4 is 23.7 Å². The molecule has 7 nitrogen and oxygen atoms in total. The number of hydrogen-bond donors (Lipinski definition) is 0. The summed E-state index contributed by atoms with van der Waals surface area (Å²) in [6.45, 7) is 4.24. The van der Waals surface area contributed by atoms with E-state index in [0.717, 1.165) is 5.56 Å². The molecule has 0 bridgehead atoms. The van der Waals surface area contributed by atoms with E-state index >= 15 is 0 Å². The second kappa shape index (κ2) is 12.4. The predicted octanol–water partition coefficient (Wildman–Crippen LogP) is 4.78. The first-order chi connectivity index (χ1) is 15.5. The third kappa shape index (κ3) is 6.52. The summed E-state index contributed by atoms with van der Waals surface area (Å²) in [5, 5.41) is 0. The number of ether oxygens (including phenoxy) is 6. The molecule has 0 aliphatic heterocycles. The third-order valence-corrected chi connectivity index (χ3v) is 4.48. The predicted molar refractivity (Wildman–Crippen MR) is 124 cm³/mol. The Morgan fingerprint density at radius 2 is 1.50 bits per heavy atom. The Labute approximate surface area is 189 Å².